The Morgan fingerprint density at radius 1 is 1.23 bits per heavy atom. The number of carbonyl (C=O) groups excluding carboxylic acids is 1. The Kier molecular flexibility index (Phi) is 4.16. The Labute approximate surface area is 172 Å². The van der Waals surface area contributed by atoms with Gasteiger partial charge < -0.3 is 10.2 Å². The molecule has 0 unspecified atom stereocenters. The molecule has 30 heavy (non-hydrogen) atoms. The lowest BCUT2D eigenvalue weighted by molar-refractivity contribution is -0.116. The quantitative estimate of drug-likeness (QED) is 0.542. The van der Waals surface area contributed by atoms with E-state index in [1.807, 2.05) is 7.05 Å². The summed E-state index contributed by atoms with van der Waals surface area (Å²) in [6.45, 7) is 4.60. The first-order valence-corrected chi connectivity index (χ1v) is 9.89. The van der Waals surface area contributed by atoms with Gasteiger partial charge in [0.05, 0.1) is 23.5 Å². The van der Waals surface area contributed by atoms with Gasteiger partial charge in [0.15, 0.2) is 11.3 Å². The molecule has 0 spiro atoms. The average Bonchev–Trinajstić information content (AvgIpc) is 3.31. The molecule has 4 aromatic rings. The van der Waals surface area contributed by atoms with E-state index in [1.165, 1.54) is 6.33 Å². The number of fused-ring (bicyclic) bond motifs is 2. The van der Waals surface area contributed by atoms with Gasteiger partial charge in [-0.2, -0.15) is 15.2 Å². The Hall–Kier alpha value is -3.56. The fraction of sp³-hybridized carbons (Fsp3) is 0.400. The van der Waals surface area contributed by atoms with Gasteiger partial charge in [-0.25, -0.2) is 19.2 Å². The number of amides is 1. The van der Waals surface area contributed by atoms with E-state index in [2.05, 4.69) is 44.2 Å². The molecule has 0 bridgehead atoms. The highest BCUT2D eigenvalue weighted by molar-refractivity contribution is 5.91. The van der Waals surface area contributed by atoms with Crippen LogP contribution in [0.5, 0.6) is 0 Å². The molecule has 1 fully saturated rings. The van der Waals surface area contributed by atoms with Crippen molar-refractivity contribution in [2.45, 2.75) is 39.3 Å². The van der Waals surface area contributed by atoms with Gasteiger partial charge in [-0.05, 0) is 30.4 Å². The SMILES string of the molecule is CN(c1ncc2cnn(CC(=O)Nc3ccc4ncnn4c3)c2n1)C1CC(C)(C)C1. The van der Waals surface area contributed by atoms with Gasteiger partial charge in [0.2, 0.25) is 11.9 Å². The Bertz CT molecular complexity index is 1230. The first kappa shape index (κ1) is 18.5. The van der Waals surface area contributed by atoms with Gasteiger partial charge >= 0.3 is 0 Å². The van der Waals surface area contributed by atoms with Crippen LogP contribution in [0.1, 0.15) is 26.7 Å². The molecule has 0 radical (unpaired) electrons. The minimum Gasteiger partial charge on any atom is -0.341 e. The molecule has 1 saturated carbocycles. The van der Waals surface area contributed by atoms with E-state index in [4.69, 9.17) is 4.98 Å². The van der Waals surface area contributed by atoms with Crippen molar-refractivity contribution in [1.29, 1.82) is 0 Å². The van der Waals surface area contributed by atoms with Gasteiger partial charge in [0.25, 0.3) is 0 Å². The fourth-order valence-electron chi connectivity index (χ4n) is 4.02. The summed E-state index contributed by atoms with van der Waals surface area (Å²) in [5.74, 6) is 0.454. The largest absolute Gasteiger partial charge is 0.341 e. The van der Waals surface area contributed by atoms with E-state index in [0.717, 1.165) is 18.2 Å². The summed E-state index contributed by atoms with van der Waals surface area (Å²) in [5, 5.41) is 12.1. The molecule has 0 aliphatic heterocycles. The Balaban J connectivity index is 1.33. The molecule has 154 valence electrons. The van der Waals surface area contributed by atoms with Crippen molar-refractivity contribution in [3.63, 3.8) is 0 Å². The molecular formula is C20H23N9O. The maximum atomic E-state index is 12.6. The van der Waals surface area contributed by atoms with Crippen molar-refractivity contribution in [2.24, 2.45) is 5.41 Å². The highest BCUT2D eigenvalue weighted by atomic mass is 16.2. The van der Waals surface area contributed by atoms with Crippen molar-refractivity contribution < 1.29 is 4.79 Å². The van der Waals surface area contributed by atoms with Crippen molar-refractivity contribution in [1.82, 2.24) is 34.3 Å². The third kappa shape index (κ3) is 3.34. The molecule has 0 saturated heterocycles. The molecule has 4 aromatic heterocycles. The maximum absolute atomic E-state index is 12.6. The predicted molar refractivity (Wildman–Crippen MR) is 112 cm³/mol. The lowest BCUT2D eigenvalue weighted by Crippen LogP contribution is -2.47. The van der Waals surface area contributed by atoms with Crippen LogP contribution in [0.3, 0.4) is 0 Å². The zero-order valence-corrected chi connectivity index (χ0v) is 17.1. The fourth-order valence-corrected chi connectivity index (χ4v) is 4.02. The molecule has 5 rings (SSSR count). The second-order valence-electron chi connectivity index (χ2n) is 8.62. The summed E-state index contributed by atoms with van der Waals surface area (Å²) in [4.78, 5) is 28.0. The summed E-state index contributed by atoms with van der Waals surface area (Å²) < 4.78 is 3.21. The summed E-state index contributed by atoms with van der Waals surface area (Å²) in [7, 11) is 2.02. The first-order chi connectivity index (χ1) is 14.4. The molecule has 1 amide bonds. The molecule has 1 N–H and O–H groups in total. The Morgan fingerprint density at radius 3 is 2.87 bits per heavy atom. The summed E-state index contributed by atoms with van der Waals surface area (Å²) in [6.07, 6.45) is 8.86. The van der Waals surface area contributed by atoms with Crippen LogP contribution in [-0.4, -0.2) is 53.3 Å². The normalized spacial score (nSPS) is 16.0. The van der Waals surface area contributed by atoms with E-state index in [9.17, 15) is 4.79 Å². The topological polar surface area (TPSA) is 106 Å². The molecule has 1 aliphatic rings. The minimum atomic E-state index is -0.200. The number of nitrogens with zero attached hydrogens (tertiary/aromatic N) is 8. The smallest absolute Gasteiger partial charge is 0.246 e. The highest BCUT2D eigenvalue weighted by Gasteiger charge is 2.39. The first-order valence-electron chi connectivity index (χ1n) is 9.89. The molecule has 10 heteroatoms. The standard InChI is InChI=1S/C20H23N9O/c1-20(2)6-15(7-20)27(3)19-21-8-13-9-23-29(18(13)26-19)11-17(30)25-14-4-5-16-22-12-24-28(16)10-14/h4-5,8-10,12,15H,6-7,11H2,1-3H3,(H,25,30). The van der Waals surface area contributed by atoms with Crippen LogP contribution in [-0.2, 0) is 11.3 Å². The van der Waals surface area contributed by atoms with E-state index < -0.39 is 0 Å². The van der Waals surface area contributed by atoms with Gasteiger partial charge in [0, 0.05) is 19.3 Å². The lowest BCUT2D eigenvalue weighted by Gasteiger charge is -2.46. The van der Waals surface area contributed by atoms with Crippen LogP contribution in [0.2, 0.25) is 0 Å². The average molecular weight is 405 g/mol. The molecule has 0 atom stereocenters. The number of nitrogens with one attached hydrogen (secondary N) is 1. The lowest BCUT2D eigenvalue weighted by atomic mass is 9.68. The predicted octanol–water partition coefficient (Wildman–Crippen LogP) is 2.13. The monoisotopic (exact) mass is 405 g/mol. The molecule has 0 aromatic carbocycles. The van der Waals surface area contributed by atoms with Crippen molar-refractivity contribution in [2.75, 3.05) is 17.3 Å². The van der Waals surface area contributed by atoms with Crippen LogP contribution in [0.4, 0.5) is 11.6 Å². The summed E-state index contributed by atoms with van der Waals surface area (Å²) >= 11 is 0. The van der Waals surface area contributed by atoms with Crippen molar-refractivity contribution in [3.05, 3.63) is 37.1 Å². The number of pyridine rings is 1. The maximum Gasteiger partial charge on any atom is 0.246 e. The number of anilines is 2. The summed E-state index contributed by atoms with van der Waals surface area (Å²) in [6, 6.07) is 4.02. The second-order valence-corrected chi connectivity index (χ2v) is 8.62. The van der Waals surface area contributed by atoms with E-state index in [-0.39, 0.29) is 12.5 Å². The van der Waals surface area contributed by atoms with E-state index >= 15 is 0 Å². The molecule has 1 aliphatic carbocycles. The van der Waals surface area contributed by atoms with E-state index in [0.29, 0.717) is 34.4 Å². The van der Waals surface area contributed by atoms with Crippen LogP contribution < -0.4 is 10.2 Å². The van der Waals surface area contributed by atoms with Gasteiger partial charge in [-0.15, -0.1) is 0 Å². The number of rotatable bonds is 5. The number of aromatic nitrogens is 7. The molecular weight excluding hydrogens is 382 g/mol. The van der Waals surface area contributed by atoms with Crippen molar-refractivity contribution in [3.8, 4) is 0 Å². The Morgan fingerprint density at radius 2 is 2.07 bits per heavy atom. The third-order valence-corrected chi connectivity index (χ3v) is 5.65. The van der Waals surface area contributed by atoms with Crippen LogP contribution in [0, 0.1) is 5.41 Å². The zero-order chi connectivity index (χ0) is 20.9. The van der Waals surface area contributed by atoms with Crippen molar-refractivity contribution >= 4 is 34.2 Å². The summed E-state index contributed by atoms with van der Waals surface area (Å²) in [5.41, 5.74) is 2.37. The third-order valence-electron chi connectivity index (χ3n) is 5.65. The number of hydrogen-bond acceptors (Lipinski definition) is 7. The van der Waals surface area contributed by atoms with E-state index in [1.54, 1.807) is 39.9 Å². The van der Waals surface area contributed by atoms with Crippen LogP contribution in [0.15, 0.2) is 37.1 Å². The van der Waals surface area contributed by atoms with Gasteiger partial charge in [-0.1, -0.05) is 13.8 Å². The molecule has 10 nitrogen and oxygen atoms in total. The molecule has 4 heterocycles. The second kappa shape index (κ2) is 6.75. The minimum absolute atomic E-state index is 0.0511. The van der Waals surface area contributed by atoms with Crippen LogP contribution in [0.25, 0.3) is 16.7 Å². The number of carbonyl (C=O) groups is 1. The number of hydrogen-bond donors (Lipinski definition) is 1. The van der Waals surface area contributed by atoms with Gasteiger partial charge in [-0.3, -0.25) is 4.79 Å². The van der Waals surface area contributed by atoms with Crippen LogP contribution >= 0.6 is 0 Å². The van der Waals surface area contributed by atoms with Gasteiger partial charge in [0.1, 0.15) is 12.9 Å². The zero-order valence-electron chi connectivity index (χ0n) is 17.1. The highest BCUT2D eigenvalue weighted by Crippen LogP contribution is 2.43.